The quantitative estimate of drug-likeness (QED) is 0.342. The van der Waals surface area contributed by atoms with Gasteiger partial charge in [0.15, 0.2) is 0 Å². The smallest absolute Gasteiger partial charge is 0.288 e. The van der Waals surface area contributed by atoms with E-state index in [0.717, 1.165) is 22.3 Å². The molecule has 0 fully saturated rings. The van der Waals surface area contributed by atoms with Crippen LogP contribution >= 0.6 is 14.7 Å². The Hall–Kier alpha value is -3.06. The molecule has 0 amide bonds. The molecule has 31 heavy (non-hydrogen) atoms. The predicted molar refractivity (Wildman–Crippen MR) is 124 cm³/mol. The fraction of sp³-hybridized carbons (Fsp3) is 0.0400. The lowest BCUT2D eigenvalue weighted by atomic mass is 10.0. The Bertz CT molecular complexity index is 1330. The van der Waals surface area contributed by atoms with Crippen LogP contribution in [0.4, 0.5) is 0 Å². The first-order valence-electron chi connectivity index (χ1n) is 10.0. The molecule has 2 aliphatic heterocycles. The zero-order valence-corrected chi connectivity index (χ0v) is 18.3. The monoisotopic (exact) mass is 444 g/mol. The second-order valence-electron chi connectivity index (χ2n) is 7.70. The highest BCUT2D eigenvalue weighted by Crippen LogP contribution is 2.66. The summed E-state index contributed by atoms with van der Waals surface area (Å²) in [4.78, 5) is 0. The average Bonchev–Trinajstić information content (AvgIpc) is 2.79. The second kappa shape index (κ2) is 6.72. The zero-order chi connectivity index (χ0) is 21.1. The standard InChI is InChI=1S/C25H18O4P2/c26-30(24-15-7-3-11-20(24)18-9-1-5-13-22(18)28-30)17-31(27)25-16-8-4-12-21(25)19-10-2-6-14-23(19)29-31/h1-16H,17H2. The van der Waals surface area contributed by atoms with Crippen LogP contribution in [0.25, 0.3) is 22.3 Å². The Morgan fingerprint density at radius 1 is 0.484 bits per heavy atom. The van der Waals surface area contributed by atoms with Crippen molar-refractivity contribution in [1.82, 2.24) is 0 Å². The van der Waals surface area contributed by atoms with Crippen LogP contribution < -0.4 is 19.7 Å². The van der Waals surface area contributed by atoms with Crippen molar-refractivity contribution in [1.29, 1.82) is 0 Å². The Labute approximate surface area is 180 Å². The van der Waals surface area contributed by atoms with Gasteiger partial charge in [-0.15, -0.1) is 0 Å². The van der Waals surface area contributed by atoms with Crippen molar-refractivity contribution in [3.05, 3.63) is 97.1 Å². The lowest BCUT2D eigenvalue weighted by molar-refractivity contribution is 0.480. The minimum atomic E-state index is -3.53. The molecule has 0 bridgehead atoms. The largest absolute Gasteiger partial charge is 0.439 e. The first kappa shape index (κ1) is 18.7. The van der Waals surface area contributed by atoms with Gasteiger partial charge >= 0.3 is 0 Å². The van der Waals surface area contributed by atoms with E-state index in [4.69, 9.17) is 9.05 Å². The molecule has 4 nitrogen and oxygen atoms in total. The number of benzene rings is 4. The third kappa shape index (κ3) is 2.83. The lowest BCUT2D eigenvalue weighted by Gasteiger charge is -2.33. The molecule has 0 saturated carbocycles. The highest BCUT2D eigenvalue weighted by atomic mass is 31.2. The molecule has 0 spiro atoms. The summed E-state index contributed by atoms with van der Waals surface area (Å²) in [6, 6.07) is 30.0. The number of hydrogen-bond donors (Lipinski definition) is 0. The SMILES string of the molecule is O=P1(CP2(=O)Oc3ccccc3-c3ccccc32)Oc2ccccc2-c2ccccc21. The minimum absolute atomic E-state index is 0.198. The molecule has 0 N–H and O–H groups in total. The maximum atomic E-state index is 14.3. The van der Waals surface area contributed by atoms with Gasteiger partial charge in [-0.1, -0.05) is 72.8 Å². The summed E-state index contributed by atoms with van der Waals surface area (Å²) >= 11 is 0. The fourth-order valence-electron chi connectivity index (χ4n) is 4.41. The van der Waals surface area contributed by atoms with Gasteiger partial charge in [0, 0.05) is 11.1 Å². The van der Waals surface area contributed by atoms with E-state index < -0.39 is 14.7 Å². The summed E-state index contributed by atoms with van der Waals surface area (Å²) in [5.74, 6) is 0.889. The van der Waals surface area contributed by atoms with E-state index in [9.17, 15) is 9.13 Å². The van der Waals surface area contributed by atoms with Crippen molar-refractivity contribution in [2.75, 3.05) is 5.90 Å². The normalized spacial score (nSPS) is 22.7. The van der Waals surface area contributed by atoms with Crippen LogP contribution in [-0.2, 0) is 9.13 Å². The summed E-state index contributed by atoms with van der Waals surface area (Å²) in [5, 5.41) is 1.17. The van der Waals surface area contributed by atoms with Gasteiger partial charge in [0.05, 0.1) is 10.6 Å². The van der Waals surface area contributed by atoms with Crippen molar-refractivity contribution in [3.63, 3.8) is 0 Å². The minimum Gasteiger partial charge on any atom is -0.439 e. The Morgan fingerprint density at radius 3 is 1.29 bits per heavy atom. The van der Waals surface area contributed by atoms with E-state index in [1.54, 1.807) is 12.1 Å². The molecular weight excluding hydrogens is 426 g/mol. The van der Waals surface area contributed by atoms with Gasteiger partial charge in [-0.05, 0) is 35.4 Å². The molecule has 4 aromatic carbocycles. The molecule has 6 heteroatoms. The van der Waals surface area contributed by atoms with E-state index in [1.165, 1.54) is 0 Å². The maximum Gasteiger partial charge on any atom is 0.288 e. The molecule has 2 aliphatic rings. The maximum absolute atomic E-state index is 14.3. The van der Waals surface area contributed by atoms with Crippen LogP contribution in [0, 0.1) is 0 Å². The van der Waals surface area contributed by atoms with Gasteiger partial charge in [-0.25, -0.2) is 0 Å². The van der Waals surface area contributed by atoms with Crippen molar-refractivity contribution in [2.45, 2.75) is 0 Å². The van der Waals surface area contributed by atoms with Crippen molar-refractivity contribution >= 4 is 25.3 Å². The molecule has 0 aliphatic carbocycles. The summed E-state index contributed by atoms with van der Waals surface area (Å²) in [5.41, 5.74) is 3.48. The second-order valence-corrected chi connectivity index (χ2v) is 12.9. The molecule has 6 rings (SSSR count). The lowest BCUT2D eigenvalue weighted by Crippen LogP contribution is -2.25. The van der Waals surface area contributed by atoms with E-state index in [-0.39, 0.29) is 5.90 Å². The molecule has 0 saturated heterocycles. The highest BCUT2D eigenvalue weighted by Gasteiger charge is 2.47. The predicted octanol–water partition coefficient (Wildman–Crippen LogP) is 6.27. The summed E-state index contributed by atoms with van der Waals surface area (Å²) in [6.45, 7) is 0. The van der Waals surface area contributed by atoms with E-state index in [2.05, 4.69) is 0 Å². The van der Waals surface area contributed by atoms with E-state index in [1.807, 2.05) is 84.9 Å². The number of fused-ring (bicyclic) bond motifs is 6. The van der Waals surface area contributed by atoms with Gasteiger partial charge in [-0.3, -0.25) is 9.13 Å². The Morgan fingerprint density at radius 2 is 0.839 bits per heavy atom. The van der Waals surface area contributed by atoms with Gasteiger partial charge in [0.2, 0.25) is 0 Å². The van der Waals surface area contributed by atoms with E-state index >= 15 is 0 Å². The summed E-state index contributed by atoms with van der Waals surface area (Å²) in [7, 11) is -7.05. The third-order valence-electron chi connectivity index (χ3n) is 5.76. The first-order chi connectivity index (χ1) is 15.1. The van der Waals surface area contributed by atoms with Gasteiger partial charge in [0.25, 0.3) is 14.7 Å². The van der Waals surface area contributed by atoms with Gasteiger partial charge in [-0.2, -0.15) is 0 Å². The molecule has 2 atom stereocenters. The van der Waals surface area contributed by atoms with Crippen LogP contribution in [0.15, 0.2) is 97.1 Å². The van der Waals surface area contributed by atoms with Crippen LogP contribution in [0.3, 0.4) is 0 Å². The fourth-order valence-corrected chi connectivity index (χ4v) is 10.9. The molecule has 0 radical (unpaired) electrons. The zero-order valence-electron chi connectivity index (χ0n) is 16.5. The molecule has 2 heterocycles. The van der Waals surface area contributed by atoms with Crippen LogP contribution in [-0.4, -0.2) is 5.90 Å². The van der Waals surface area contributed by atoms with Gasteiger partial charge in [0.1, 0.15) is 17.4 Å². The van der Waals surface area contributed by atoms with Crippen LogP contribution in [0.5, 0.6) is 11.5 Å². The first-order valence-corrected chi connectivity index (χ1v) is 13.6. The third-order valence-corrected chi connectivity index (χ3v) is 12.0. The highest BCUT2D eigenvalue weighted by molar-refractivity contribution is 7.84. The summed E-state index contributed by atoms with van der Waals surface area (Å²) in [6.07, 6.45) is 0. The topological polar surface area (TPSA) is 52.6 Å². The van der Waals surface area contributed by atoms with Crippen molar-refractivity contribution < 1.29 is 18.2 Å². The Balaban J connectivity index is 1.52. The van der Waals surface area contributed by atoms with Crippen LogP contribution in [0.2, 0.25) is 0 Å². The van der Waals surface area contributed by atoms with Crippen LogP contribution in [0.1, 0.15) is 0 Å². The average molecular weight is 444 g/mol. The van der Waals surface area contributed by atoms with Crippen molar-refractivity contribution in [2.24, 2.45) is 0 Å². The molecule has 4 aromatic rings. The molecule has 0 aromatic heterocycles. The molecule has 2 unspecified atom stereocenters. The van der Waals surface area contributed by atoms with Gasteiger partial charge < -0.3 is 9.05 Å². The summed E-state index contributed by atoms with van der Waals surface area (Å²) < 4.78 is 40.9. The molecular formula is C25H18O4P2. The molecule has 152 valence electrons. The van der Waals surface area contributed by atoms with E-state index in [0.29, 0.717) is 22.1 Å². The van der Waals surface area contributed by atoms with Crippen molar-refractivity contribution in [3.8, 4) is 33.8 Å². The number of rotatable bonds is 2. The number of hydrogen-bond acceptors (Lipinski definition) is 4. The number of para-hydroxylation sites is 2. The Kier molecular flexibility index (Phi) is 4.05.